The first kappa shape index (κ1) is 16.3. The van der Waals surface area contributed by atoms with Crippen LogP contribution < -0.4 is 5.04 Å². The minimum Gasteiger partial charge on any atom is -0.116 e. The Labute approximate surface area is 117 Å². The van der Waals surface area contributed by atoms with E-state index in [2.05, 4.69) is 34.1 Å². The molecule has 1 unspecified atom stereocenters. The highest BCUT2D eigenvalue weighted by molar-refractivity contribution is 7.63. The summed E-state index contributed by atoms with van der Waals surface area (Å²) in [5.41, 5.74) is 0. The second kappa shape index (κ2) is 11.1. The number of unbranched alkanes of at least 4 members (excludes halogenated alkanes) is 9. The molecular formula is C16H28P2. The van der Waals surface area contributed by atoms with Crippen LogP contribution in [0.5, 0.6) is 0 Å². The average Bonchev–Trinajstić information content (AvgIpc) is 2.77. The summed E-state index contributed by atoms with van der Waals surface area (Å²) in [4.78, 5) is 0. The van der Waals surface area contributed by atoms with Gasteiger partial charge in [0.25, 0.3) is 0 Å². The van der Waals surface area contributed by atoms with Crippen LogP contribution in [0.4, 0.5) is 0 Å². The van der Waals surface area contributed by atoms with Crippen LogP contribution >= 0.6 is 16.8 Å². The summed E-state index contributed by atoms with van der Waals surface area (Å²) >= 11 is 0. The quantitative estimate of drug-likeness (QED) is 0.315. The van der Waals surface area contributed by atoms with Crippen molar-refractivity contribution >= 4 is 21.8 Å². The summed E-state index contributed by atoms with van der Waals surface area (Å²) in [5.74, 6) is 2.35. The summed E-state index contributed by atoms with van der Waals surface area (Å²) in [5, 5.41) is 1.32. The van der Waals surface area contributed by atoms with E-state index in [1.165, 1.54) is 75.4 Å². The van der Waals surface area contributed by atoms with Gasteiger partial charge >= 0.3 is 0 Å². The molecule has 0 aliphatic heterocycles. The maximum Gasteiger partial charge on any atom is 0.00528 e. The lowest BCUT2D eigenvalue weighted by Gasteiger charge is -2.03. The van der Waals surface area contributed by atoms with Gasteiger partial charge in [0.05, 0.1) is 0 Å². The van der Waals surface area contributed by atoms with Crippen molar-refractivity contribution in [1.82, 2.24) is 0 Å². The molecule has 2 heteroatoms. The van der Waals surface area contributed by atoms with Crippen LogP contribution in [-0.4, -0.2) is 0 Å². The molecule has 1 heterocycles. The van der Waals surface area contributed by atoms with Crippen molar-refractivity contribution < 1.29 is 0 Å². The van der Waals surface area contributed by atoms with Gasteiger partial charge in [0.2, 0.25) is 0 Å². The SMILES string of the molecule is CCCCCCCCCCCCp1cccc1[P]. The van der Waals surface area contributed by atoms with Crippen LogP contribution in [0.1, 0.15) is 71.1 Å². The molecule has 0 aliphatic rings. The zero-order chi connectivity index (χ0) is 13.1. The minimum atomic E-state index is 0.00388. The summed E-state index contributed by atoms with van der Waals surface area (Å²) < 4.78 is 0. The standard InChI is InChI=1S/C16H28P2/c1-2-3-4-5-6-7-8-9-10-11-14-18-15-12-13-16(18)17/h12-13,15H,2-11,14H2,1H3. The molecule has 1 atom stereocenters. The summed E-state index contributed by atoms with van der Waals surface area (Å²) in [6.07, 6.45) is 15.7. The third-order valence-corrected chi connectivity index (χ3v) is 6.55. The van der Waals surface area contributed by atoms with Gasteiger partial charge in [-0.1, -0.05) is 70.8 Å². The van der Waals surface area contributed by atoms with Gasteiger partial charge in [0.15, 0.2) is 0 Å². The second-order valence-electron chi connectivity index (χ2n) is 5.24. The molecule has 0 aromatic carbocycles. The van der Waals surface area contributed by atoms with Crippen molar-refractivity contribution in [2.24, 2.45) is 0 Å². The van der Waals surface area contributed by atoms with Crippen LogP contribution in [0, 0.1) is 0 Å². The highest BCUT2D eigenvalue weighted by Crippen LogP contribution is 2.29. The molecule has 2 radical (unpaired) electrons. The van der Waals surface area contributed by atoms with Gasteiger partial charge < -0.3 is 0 Å². The van der Waals surface area contributed by atoms with Gasteiger partial charge in [0.1, 0.15) is 0 Å². The van der Waals surface area contributed by atoms with Crippen LogP contribution in [0.2, 0.25) is 0 Å². The van der Waals surface area contributed by atoms with Gasteiger partial charge in [-0.25, -0.2) is 0 Å². The fourth-order valence-electron chi connectivity index (χ4n) is 2.36. The molecule has 0 fully saturated rings. The Morgan fingerprint density at radius 3 is 1.94 bits per heavy atom. The Morgan fingerprint density at radius 2 is 1.44 bits per heavy atom. The molecule has 0 aliphatic carbocycles. The lowest BCUT2D eigenvalue weighted by atomic mass is 10.1. The van der Waals surface area contributed by atoms with Crippen LogP contribution in [0.3, 0.4) is 0 Å². The molecule has 0 spiro atoms. The topological polar surface area (TPSA) is 0 Å². The largest absolute Gasteiger partial charge is 0.116 e. The number of rotatable bonds is 11. The molecule has 0 N–H and O–H groups in total. The first-order chi connectivity index (χ1) is 8.84. The fraction of sp³-hybridized carbons (Fsp3) is 0.750. The summed E-state index contributed by atoms with van der Waals surface area (Å²) in [6, 6.07) is 4.33. The molecule has 1 aromatic heterocycles. The van der Waals surface area contributed by atoms with E-state index in [4.69, 9.17) is 0 Å². The van der Waals surface area contributed by atoms with E-state index in [-0.39, 0.29) is 7.53 Å². The van der Waals surface area contributed by atoms with E-state index in [0.29, 0.717) is 0 Å². The third kappa shape index (κ3) is 7.60. The summed E-state index contributed by atoms with van der Waals surface area (Å²) in [7, 11) is 4.52. The minimum absolute atomic E-state index is 0.00388. The van der Waals surface area contributed by atoms with E-state index in [1.807, 2.05) is 0 Å². The van der Waals surface area contributed by atoms with E-state index in [0.717, 1.165) is 0 Å². The first-order valence-electron chi connectivity index (χ1n) is 7.68. The number of aryl methyl sites for hydroxylation is 1. The molecule has 0 amide bonds. The Hall–Kier alpha value is 0.210. The Kier molecular flexibility index (Phi) is 10.0. The third-order valence-electron chi connectivity index (χ3n) is 3.56. The van der Waals surface area contributed by atoms with Crippen molar-refractivity contribution in [2.45, 2.75) is 77.3 Å². The Balaban J connectivity index is 1.83. The van der Waals surface area contributed by atoms with Gasteiger partial charge in [-0.2, -0.15) is 0 Å². The number of hydrogen-bond acceptors (Lipinski definition) is 0. The first-order valence-corrected chi connectivity index (χ1v) is 9.73. The normalized spacial score (nSPS) is 12.0. The Morgan fingerprint density at radius 1 is 0.889 bits per heavy atom. The van der Waals surface area contributed by atoms with Crippen molar-refractivity contribution in [3.8, 4) is 0 Å². The molecule has 102 valence electrons. The zero-order valence-corrected chi connectivity index (χ0v) is 13.7. The van der Waals surface area contributed by atoms with E-state index in [1.54, 1.807) is 0 Å². The zero-order valence-electron chi connectivity index (χ0n) is 11.9. The van der Waals surface area contributed by atoms with Crippen LogP contribution in [0.25, 0.3) is 0 Å². The van der Waals surface area contributed by atoms with Crippen molar-refractivity contribution in [2.75, 3.05) is 0 Å². The smallest absolute Gasteiger partial charge is 0.00528 e. The molecular weight excluding hydrogens is 254 g/mol. The van der Waals surface area contributed by atoms with E-state index >= 15 is 0 Å². The van der Waals surface area contributed by atoms with Gasteiger partial charge in [-0.15, -0.1) is 7.53 Å². The van der Waals surface area contributed by atoms with Crippen molar-refractivity contribution in [3.05, 3.63) is 17.9 Å². The second-order valence-corrected chi connectivity index (χ2v) is 8.24. The predicted molar refractivity (Wildman–Crippen MR) is 87.5 cm³/mol. The average molecular weight is 282 g/mol. The lowest BCUT2D eigenvalue weighted by Crippen LogP contribution is -1.84. The Bertz CT molecular complexity index is 291. The predicted octanol–water partition coefficient (Wildman–Crippen LogP) is 6.63. The van der Waals surface area contributed by atoms with Crippen molar-refractivity contribution in [1.29, 1.82) is 0 Å². The van der Waals surface area contributed by atoms with Crippen molar-refractivity contribution in [3.63, 3.8) is 0 Å². The molecule has 0 saturated carbocycles. The van der Waals surface area contributed by atoms with Crippen LogP contribution in [-0.2, 0) is 6.16 Å². The highest BCUT2D eigenvalue weighted by atomic mass is 31.1. The summed E-state index contributed by atoms with van der Waals surface area (Å²) in [6.45, 7) is 2.28. The van der Waals surface area contributed by atoms with Crippen LogP contribution in [0.15, 0.2) is 17.9 Å². The molecule has 0 bridgehead atoms. The fourth-order valence-corrected chi connectivity index (χ4v) is 4.62. The van der Waals surface area contributed by atoms with E-state index < -0.39 is 0 Å². The van der Waals surface area contributed by atoms with Gasteiger partial charge in [-0.05, 0) is 33.7 Å². The van der Waals surface area contributed by atoms with Gasteiger partial charge in [0, 0.05) is 5.04 Å². The van der Waals surface area contributed by atoms with E-state index in [9.17, 15) is 0 Å². The molecule has 18 heavy (non-hydrogen) atoms. The van der Waals surface area contributed by atoms with Gasteiger partial charge in [-0.3, -0.25) is 0 Å². The molecule has 1 rings (SSSR count). The number of hydrogen-bond donors (Lipinski definition) is 0. The molecule has 0 nitrogen and oxygen atoms in total. The highest BCUT2D eigenvalue weighted by Gasteiger charge is 1.98. The lowest BCUT2D eigenvalue weighted by molar-refractivity contribution is 0.560. The maximum atomic E-state index is 4.51. The molecule has 1 aromatic rings. The maximum absolute atomic E-state index is 4.51. The monoisotopic (exact) mass is 282 g/mol. The molecule has 0 saturated heterocycles.